The fraction of sp³-hybridized carbons (Fsp3) is 0.417. The summed E-state index contributed by atoms with van der Waals surface area (Å²) in [5.41, 5.74) is 7.41. The summed E-state index contributed by atoms with van der Waals surface area (Å²) in [6.07, 6.45) is 1.01. The molecule has 0 amide bonds. The van der Waals surface area contributed by atoms with Gasteiger partial charge < -0.3 is 15.8 Å². The highest BCUT2D eigenvalue weighted by atomic mass is 16.5. The lowest BCUT2D eigenvalue weighted by Crippen LogP contribution is -2.14. The Balaban J connectivity index is 2.93. The van der Waals surface area contributed by atoms with Gasteiger partial charge in [0.15, 0.2) is 0 Å². The maximum absolute atomic E-state index is 11.4. The van der Waals surface area contributed by atoms with Crippen LogP contribution in [0.4, 0.5) is 11.4 Å². The zero-order chi connectivity index (χ0) is 12.1. The number of methoxy groups -OCH3 is 1. The van der Waals surface area contributed by atoms with Gasteiger partial charge in [-0.1, -0.05) is 6.92 Å². The van der Waals surface area contributed by atoms with Gasteiger partial charge in [-0.25, -0.2) is 4.79 Å². The van der Waals surface area contributed by atoms with Gasteiger partial charge in [-0.15, -0.1) is 0 Å². The quantitative estimate of drug-likeness (QED) is 0.606. The van der Waals surface area contributed by atoms with Gasteiger partial charge in [-0.2, -0.15) is 0 Å². The Morgan fingerprint density at radius 3 is 2.81 bits per heavy atom. The fourth-order valence-corrected chi connectivity index (χ4v) is 1.32. The van der Waals surface area contributed by atoms with Crippen LogP contribution in [0.1, 0.15) is 30.6 Å². The lowest BCUT2D eigenvalue weighted by atomic mass is 10.1. The maximum Gasteiger partial charge on any atom is 0.340 e. The van der Waals surface area contributed by atoms with E-state index >= 15 is 0 Å². The summed E-state index contributed by atoms with van der Waals surface area (Å²) in [6.45, 7) is 4.17. The number of carbonyl (C=O) groups excluding carboxylic acids is 1. The molecular weight excluding hydrogens is 204 g/mol. The van der Waals surface area contributed by atoms with Crippen molar-refractivity contribution in [1.29, 1.82) is 0 Å². The van der Waals surface area contributed by atoms with Gasteiger partial charge in [-0.3, -0.25) is 0 Å². The van der Waals surface area contributed by atoms with E-state index in [4.69, 9.17) is 5.73 Å². The van der Waals surface area contributed by atoms with E-state index in [2.05, 4.69) is 23.9 Å². The molecule has 1 aromatic rings. The molecule has 1 atom stereocenters. The van der Waals surface area contributed by atoms with Crippen LogP contribution in [0, 0.1) is 0 Å². The van der Waals surface area contributed by atoms with Gasteiger partial charge in [-0.05, 0) is 31.5 Å². The van der Waals surface area contributed by atoms with Gasteiger partial charge >= 0.3 is 5.97 Å². The molecule has 0 heterocycles. The van der Waals surface area contributed by atoms with Crippen molar-refractivity contribution in [3.63, 3.8) is 0 Å². The molecule has 88 valence electrons. The highest BCUT2D eigenvalue weighted by molar-refractivity contribution is 5.96. The molecule has 0 bridgehead atoms. The van der Waals surface area contributed by atoms with Crippen molar-refractivity contribution in [3.8, 4) is 0 Å². The summed E-state index contributed by atoms with van der Waals surface area (Å²) >= 11 is 0. The normalized spacial score (nSPS) is 11.9. The van der Waals surface area contributed by atoms with E-state index in [1.165, 1.54) is 7.11 Å². The second kappa shape index (κ2) is 5.39. The minimum absolute atomic E-state index is 0.356. The Bertz CT molecular complexity index is 377. The van der Waals surface area contributed by atoms with Gasteiger partial charge in [0.1, 0.15) is 0 Å². The Hall–Kier alpha value is -1.71. The highest BCUT2D eigenvalue weighted by Gasteiger charge is 2.11. The number of carbonyl (C=O) groups is 1. The number of rotatable bonds is 4. The maximum atomic E-state index is 11.4. The molecule has 0 saturated carbocycles. The van der Waals surface area contributed by atoms with Crippen LogP contribution in [0.25, 0.3) is 0 Å². The summed E-state index contributed by atoms with van der Waals surface area (Å²) in [7, 11) is 1.34. The van der Waals surface area contributed by atoms with Crippen molar-refractivity contribution in [2.24, 2.45) is 0 Å². The van der Waals surface area contributed by atoms with Gasteiger partial charge in [0.25, 0.3) is 0 Å². The van der Waals surface area contributed by atoms with Crippen LogP contribution in [0.2, 0.25) is 0 Å². The van der Waals surface area contributed by atoms with Gasteiger partial charge in [0.2, 0.25) is 0 Å². The summed E-state index contributed by atoms with van der Waals surface area (Å²) in [5, 5.41) is 3.27. The van der Waals surface area contributed by atoms with Crippen LogP contribution in [0.15, 0.2) is 18.2 Å². The third-order valence-electron chi connectivity index (χ3n) is 2.48. The molecular formula is C12H18N2O2. The standard InChI is InChI=1S/C12H18N2O2/c1-4-8(2)14-9-5-6-11(13)10(7-9)12(15)16-3/h5-8,14H,4,13H2,1-3H3. The summed E-state index contributed by atoms with van der Waals surface area (Å²) < 4.78 is 4.66. The zero-order valence-corrected chi connectivity index (χ0v) is 9.91. The third kappa shape index (κ3) is 2.89. The smallest absolute Gasteiger partial charge is 0.340 e. The van der Waals surface area contributed by atoms with Crippen molar-refractivity contribution < 1.29 is 9.53 Å². The number of hydrogen-bond acceptors (Lipinski definition) is 4. The van der Waals surface area contributed by atoms with E-state index in [1.54, 1.807) is 12.1 Å². The molecule has 1 rings (SSSR count). The first kappa shape index (κ1) is 12.4. The minimum Gasteiger partial charge on any atom is -0.465 e. The molecule has 0 radical (unpaired) electrons. The third-order valence-corrected chi connectivity index (χ3v) is 2.48. The zero-order valence-electron chi connectivity index (χ0n) is 9.91. The first-order valence-corrected chi connectivity index (χ1v) is 5.32. The van der Waals surface area contributed by atoms with Crippen LogP contribution in [0.3, 0.4) is 0 Å². The molecule has 0 aromatic heterocycles. The number of nitrogens with two attached hydrogens (primary N) is 1. The molecule has 0 aliphatic carbocycles. The average molecular weight is 222 g/mol. The Kier molecular flexibility index (Phi) is 4.17. The lowest BCUT2D eigenvalue weighted by molar-refractivity contribution is 0.0602. The molecule has 0 aliphatic rings. The second-order valence-corrected chi connectivity index (χ2v) is 3.75. The molecule has 0 fully saturated rings. The number of nitrogen functional groups attached to an aromatic ring is 1. The molecule has 4 heteroatoms. The van der Waals surface area contributed by atoms with Crippen molar-refractivity contribution in [2.45, 2.75) is 26.3 Å². The number of nitrogens with one attached hydrogen (secondary N) is 1. The van der Waals surface area contributed by atoms with E-state index in [1.807, 2.05) is 6.07 Å². The molecule has 3 N–H and O–H groups in total. The topological polar surface area (TPSA) is 64.3 Å². The predicted molar refractivity (Wildman–Crippen MR) is 65.6 cm³/mol. The van der Waals surface area contributed by atoms with Gasteiger partial charge in [0.05, 0.1) is 12.7 Å². The van der Waals surface area contributed by atoms with Crippen molar-refractivity contribution in [1.82, 2.24) is 0 Å². The average Bonchev–Trinajstić information content (AvgIpc) is 2.30. The largest absolute Gasteiger partial charge is 0.465 e. The number of benzene rings is 1. The second-order valence-electron chi connectivity index (χ2n) is 3.75. The monoisotopic (exact) mass is 222 g/mol. The number of esters is 1. The first-order valence-electron chi connectivity index (χ1n) is 5.32. The van der Waals surface area contributed by atoms with Crippen molar-refractivity contribution in [3.05, 3.63) is 23.8 Å². The van der Waals surface area contributed by atoms with E-state index in [-0.39, 0.29) is 0 Å². The van der Waals surface area contributed by atoms with Gasteiger partial charge in [0, 0.05) is 17.4 Å². The van der Waals surface area contributed by atoms with E-state index in [0.717, 1.165) is 12.1 Å². The number of ether oxygens (including phenoxy) is 1. The molecule has 0 spiro atoms. The van der Waals surface area contributed by atoms with E-state index in [0.29, 0.717) is 17.3 Å². The van der Waals surface area contributed by atoms with Crippen molar-refractivity contribution >= 4 is 17.3 Å². The minimum atomic E-state index is -0.412. The van der Waals surface area contributed by atoms with Crippen LogP contribution >= 0.6 is 0 Å². The molecule has 16 heavy (non-hydrogen) atoms. The first-order chi connectivity index (χ1) is 7.58. The SMILES string of the molecule is CCC(C)Nc1ccc(N)c(C(=O)OC)c1. The van der Waals surface area contributed by atoms with Crippen LogP contribution in [-0.2, 0) is 4.74 Å². The highest BCUT2D eigenvalue weighted by Crippen LogP contribution is 2.19. The van der Waals surface area contributed by atoms with E-state index < -0.39 is 5.97 Å². The van der Waals surface area contributed by atoms with Crippen LogP contribution in [-0.4, -0.2) is 19.1 Å². The summed E-state index contributed by atoms with van der Waals surface area (Å²) in [5.74, 6) is -0.412. The Morgan fingerprint density at radius 2 is 2.25 bits per heavy atom. The van der Waals surface area contributed by atoms with Crippen LogP contribution in [0.5, 0.6) is 0 Å². The van der Waals surface area contributed by atoms with Crippen LogP contribution < -0.4 is 11.1 Å². The lowest BCUT2D eigenvalue weighted by Gasteiger charge is -2.14. The number of hydrogen-bond donors (Lipinski definition) is 2. The van der Waals surface area contributed by atoms with Crippen molar-refractivity contribution in [2.75, 3.05) is 18.2 Å². The Morgan fingerprint density at radius 1 is 1.56 bits per heavy atom. The predicted octanol–water partition coefficient (Wildman–Crippen LogP) is 2.27. The molecule has 1 aromatic carbocycles. The molecule has 4 nitrogen and oxygen atoms in total. The van der Waals surface area contributed by atoms with E-state index in [9.17, 15) is 4.79 Å². The summed E-state index contributed by atoms with van der Waals surface area (Å²) in [6, 6.07) is 5.63. The Labute approximate surface area is 95.8 Å². The number of anilines is 2. The molecule has 1 unspecified atom stereocenters. The molecule has 0 aliphatic heterocycles. The molecule has 0 saturated heterocycles. The fourth-order valence-electron chi connectivity index (χ4n) is 1.32. The summed E-state index contributed by atoms with van der Waals surface area (Å²) in [4.78, 5) is 11.4.